The van der Waals surface area contributed by atoms with Crippen molar-refractivity contribution in [2.45, 2.75) is 0 Å². The second-order valence-electron chi connectivity index (χ2n) is 5.63. The minimum Gasteiger partial charge on any atom is -0.379 e. The van der Waals surface area contributed by atoms with Gasteiger partial charge in [-0.15, -0.1) is 0 Å². The molecule has 7 nitrogen and oxygen atoms in total. The van der Waals surface area contributed by atoms with Crippen molar-refractivity contribution >= 4 is 17.4 Å². The highest BCUT2D eigenvalue weighted by molar-refractivity contribution is 6.02. The third-order valence-electron chi connectivity index (χ3n) is 3.80. The summed E-state index contributed by atoms with van der Waals surface area (Å²) in [6, 6.07) is 5.69. The molecule has 1 fully saturated rings. The van der Waals surface area contributed by atoms with E-state index in [0.717, 1.165) is 39.4 Å². The number of ether oxygens (including phenoxy) is 1. The lowest BCUT2D eigenvalue weighted by Crippen LogP contribution is -2.39. The molecule has 0 saturated carbocycles. The number of amides is 1. The van der Waals surface area contributed by atoms with E-state index in [-0.39, 0.29) is 5.69 Å². The summed E-state index contributed by atoms with van der Waals surface area (Å²) in [5, 5.41) is 5.76. The molecule has 0 aliphatic carbocycles. The SMILES string of the molecule is O=C(Nc1cccc(F)c1)c1cnc(NCCN2CCOCC2)cn1. The number of hydrogen-bond acceptors (Lipinski definition) is 6. The van der Waals surface area contributed by atoms with Gasteiger partial charge in [-0.05, 0) is 18.2 Å². The van der Waals surface area contributed by atoms with Crippen LogP contribution in [-0.4, -0.2) is 60.2 Å². The van der Waals surface area contributed by atoms with E-state index in [4.69, 9.17) is 4.74 Å². The number of carbonyl (C=O) groups excluding carboxylic acids is 1. The van der Waals surface area contributed by atoms with Crippen molar-refractivity contribution in [1.29, 1.82) is 0 Å². The number of nitrogens with one attached hydrogen (secondary N) is 2. The lowest BCUT2D eigenvalue weighted by atomic mass is 10.3. The molecular weight excluding hydrogens is 325 g/mol. The number of carbonyl (C=O) groups is 1. The Morgan fingerprint density at radius 1 is 1.24 bits per heavy atom. The Morgan fingerprint density at radius 3 is 2.80 bits per heavy atom. The highest BCUT2D eigenvalue weighted by Crippen LogP contribution is 2.10. The van der Waals surface area contributed by atoms with Crippen molar-refractivity contribution < 1.29 is 13.9 Å². The molecule has 1 saturated heterocycles. The Labute approximate surface area is 145 Å². The van der Waals surface area contributed by atoms with Gasteiger partial charge in [-0.2, -0.15) is 0 Å². The van der Waals surface area contributed by atoms with E-state index in [9.17, 15) is 9.18 Å². The van der Waals surface area contributed by atoms with Crippen molar-refractivity contribution in [1.82, 2.24) is 14.9 Å². The fourth-order valence-corrected chi connectivity index (χ4v) is 2.46. The van der Waals surface area contributed by atoms with Crippen molar-refractivity contribution in [2.75, 3.05) is 50.0 Å². The molecule has 0 spiro atoms. The normalized spacial score (nSPS) is 14.9. The van der Waals surface area contributed by atoms with E-state index >= 15 is 0 Å². The van der Waals surface area contributed by atoms with E-state index in [1.54, 1.807) is 6.07 Å². The van der Waals surface area contributed by atoms with Gasteiger partial charge in [0.15, 0.2) is 0 Å². The van der Waals surface area contributed by atoms with Crippen LogP contribution in [0.5, 0.6) is 0 Å². The van der Waals surface area contributed by atoms with E-state index in [1.165, 1.54) is 30.6 Å². The van der Waals surface area contributed by atoms with Crippen LogP contribution >= 0.6 is 0 Å². The van der Waals surface area contributed by atoms with Crippen LogP contribution in [0.2, 0.25) is 0 Å². The summed E-state index contributed by atoms with van der Waals surface area (Å²) in [4.78, 5) is 22.7. The lowest BCUT2D eigenvalue weighted by molar-refractivity contribution is 0.0398. The molecule has 132 valence electrons. The maximum absolute atomic E-state index is 13.1. The topological polar surface area (TPSA) is 79.4 Å². The zero-order valence-electron chi connectivity index (χ0n) is 13.7. The smallest absolute Gasteiger partial charge is 0.275 e. The van der Waals surface area contributed by atoms with Crippen molar-refractivity contribution in [3.05, 3.63) is 48.2 Å². The molecule has 8 heteroatoms. The lowest BCUT2D eigenvalue weighted by Gasteiger charge is -2.26. The standard InChI is InChI=1S/C17H20FN5O2/c18-13-2-1-3-14(10-13)22-17(24)15-11-21-16(12-20-15)19-4-5-23-6-8-25-9-7-23/h1-3,10-12H,4-9H2,(H,19,21)(H,22,24). The molecule has 3 rings (SSSR count). The summed E-state index contributed by atoms with van der Waals surface area (Å²) in [6.45, 7) is 5.05. The third kappa shape index (κ3) is 5.20. The van der Waals surface area contributed by atoms with Crippen LogP contribution in [0.25, 0.3) is 0 Å². The van der Waals surface area contributed by atoms with Crippen LogP contribution in [0.15, 0.2) is 36.7 Å². The largest absolute Gasteiger partial charge is 0.379 e. The zero-order valence-corrected chi connectivity index (χ0v) is 13.7. The van der Waals surface area contributed by atoms with Gasteiger partial charge in [0.25, 0.3) is 5.91 Å². The molecule has 1 aromatic heterocycles. The average Bonchev–Trinajstić information content (AvgIpc) is 2.63. The number of anilines is 2. The maximum Gasteiger partial charge on any atom is 0.275 e. The maximum atomic E-state index is 13.1. The average molecular weight is 345 g/mol. The van der Waals surface area contributed by atoms with Gasteiger partial charge in [-0.25, -0.2) is 14.4 Å². The van der Waals surface area contributed by atoms with Crippen molar-refractivity contribution in [3.8, 4) is 0 Å². The van der Waals surface area contributed by atoms with Crippen LogP contribution in [0, 0.1) is 5.82 Å². The first-order chi connectivity index (χ1) is 12.2. The highest BCUT2D eigenvalue weighted by Gasteiger charge is 2.11. The molecule has 2 N–H and O–H groups in total. The van der Waals surface area contributed by atoms with Gasteiger partial charge >= 0.3 is 0 Å². The molecule has 0 atom stereocenters. The fraction of sp³-hybridized carbons (Fsp3) is 0.353. The van der Waals surface area contributed by atoms with E-state index in [0.29, 0.717) is 11.5 Å². The predicted octanol–water partition coefficient (Wildman–Crippen LogP) is 1.61. The molecule has 0 unspecified atom stereocenters. The Hall–Kier alpha value is -2.58. The number of aromatic nitrogens is 2. The summed E-state index contributed by atoms with van der Waals surface area (Å²) in [6.07, 6.45) is 2.91. The first-order valence-corrected chi connectivity index (χ1v) is 8.14. The van der Waals surface area contributed by atoms with E-state index < -0.39 is 11.7 Å². The van der Waals surface area contributed by atoms with Crippen LogP contribution in [0.4, 0.5) is 15.9 Å². The first kappa shape index (κ1) is 17.2. The highest BCUT2D eigenvalue weighted by atomic mass is 19.1. The molecule has 1 amide bonds. The number of hydrogen-bond donors (Lipinski definition) is 2. The number of nitrogens with zero attached hydrogens (tertiary/aromatic N) is 3. The van der Waals surface area contributed by atoms with Gasteiger partial charge in [-0.3, -0.25) is 9.69 Å². The number of morpholine rings is 1. The second kappa shape index (κ2) is 8.50. The quantitative estimate of drug-likeness (QED) is 0.828. The molecule has 1 aromatic carbocycles. The van der Waals surface area contributed by atoms with Gasteiger partial charge in [0.1, 0.15) is 17.3 Å². The third-order valence-corrected chi connectivity index (χ3v) is 3.80. The van der Waals surface area contributed by atoms with Crippen LogP contribution in [0.3, 0.4) is 0 Å². The minimum atomic E-state index is -0.432. The molecule has 0 radical (unpaired) electrons. The Bertz CT molecular complexity index is 704. The number of rotatable bonds is 6. The van der Waals surface area contributed by atoms with Gasteiger partial charge in [0.2, 0.25) is 0 Å². The monoisotopic (exact) mass is 345 g/mol. The Kier molecular flexibility index (Phi) is 5.86. The Morgan fingerprint density at radius 2 is 2.08 bits per heavy atom. The number of halogens is 1. The van der Waals surface area contributed by atoms with Crippen molar-refractivity contribution in [3.63, 3.8) is 0 Å². The molecule has 2 heterocycles. The van der Waals surface area contributed by atoms with Crippen molar-refractivity contribution in [2.24, 2.45) is 0 Å². The van der Waals surface area contributed by atoms with Crippen LogP contribution < -0.4 is 10.6 Å². The molecule has 0 bridgehead atoms. The molecule has 1 aliphatic rings. The Balaban J connectivity index is 1.48. The van der Waals surface area contributed by atoms with Gasteiger partial charge in [0.05, 0.1) is 25.6 Å². The predicted molar refractivity (Wildman–Crippen MR) is 92.1 cm³/mol. The fourth-order valence-electron chi connectivity index (χ4n) is 2.46. The molecule has 25 heavy (non-hydrogen) atoms. The van der Waals surface area contributed by atoms with Gasteiger partial charge in [0, 0.05) is 31.9 Å². The van der Waals surface area contributed by atoms with E-state index in [1.807, 2.05) is 0 Å². The molecule has 2 aromatic rings. The summed E-state index contributed by atoms with van der Waals surface area (Å²) < 4.78 is 18.4. The molecular formula is C17H20FN5O2. The minimum absolute atomic E-state index is 0.169. The second-order valence-corrected chi connectivity index (χ2v) is 5.63. The summed E-state index contributed by atoms with van der Waals surface area (Å²) in [5.41, 5.74) is 0.544. The molecule has 1 aliphatic heterocycles. The summed E-state index contributed by atoms with van der Waals surface area (Å²) in [5.74, 6) is -0.239. The summed E-state index contributed by atoms with van der Waals surface area (Å²) >= 11 is 0. The first-order valence-electron chi connectivity index (χ1n) is 8.14. The van der Waals surface area contributed by atoms with Gasteiger partial charge < -0.3 is 15.4 Å². The van der Waals surface area contributed by atoms with E-state index in [2.05, 4.69) is 25.5 Å². The zero-order chi connectivity index (χ0) is 17.5. The number of benzene rings is 1. The van der Waals surface area contributed by atoms with Crippen LogP contribution in [-0.2, 0) is 4.74 Å². The van der Waals surface area contributed by atoms with Crippen LogP contribution in [0.1, 0.15) is 10.5 Å². The summed E-state index contributed by atoms with van der Waals surface area (Å²) in [7, 11) is 0. The van der Waals surface area contributed by atoms with Gasteiger partial charge in [-0.1, -0.05) is 6.07 Å².